The van der Waals surface area contributed by atoms with E-state index in [0.29, 0.717) is 12.8 Å². The topological polar surface area (TPSA) is 279 Å². The highest BCUT2D eigenvalue weighted by Gasteiger charge is 2.56. The summed E-state index contributed by atoms with van der Waals surface area (Å²) < 4.78 is 121. The quantitative estimate of drug-likeness (QED) is 0.168. The van der Waals surface area contributed by atoms with Gasteiger partial charge in [-0.15, -0.1) is 0 Å². The summed E-state index contributed by atoms with van der Waals surface area (Å²) in [5.74, 6) is -17.3. The maximum Gasteiger partial charge on any atom is 0.397 e. The van der Waals surface area contributed by atoms with Crippen molar-refractivity contribution in [1.82, 2.24) is 60.0 Å². The van der Waals surface area contributed by atoms with E-state index in [9.17, 15) is 55.1 Å². The smallest absolute Gasteiger partial charge is 0.377 e. The van der Waals surface area contributed by atoms with Crippen LogP contribution in [0, 0.1) is 35.5 Å². The van der Waals surface area contributed by atoms with E-state index in [2.05, 4.69) is 16.0 Å². The summed E-state index contributed by atoms with van der Waals surface area (Å²) in [5, 5.41) is 8.25. The van der Waals surface area contributed by atoms with Crippen LogP contribution in [0.15, 0.2) is 12.2 Å². The molecule has 6 aliphatic rings. The van der Waals surface area contributed by atoms with Crippen molar-refractivity contribution in [3.05, 3.63) is 12.2 Å². The normalized spacial score (nSPS) is 31.8. The molecule has 104 heavy (non-hydrogen) atoms. The first-order valence-corrected chi connectivity index (χ1v) is 36.5. The number of carbonyl (C=O) groups excluding carboxylic acids is 12. The summed E-state index contributed by atoms with van der Waals surface area (Å²) in [6.07, 6.45) is -15.7. The van der Waals surface area contributed by atoms with Crippen molar-refractivity contribution < 1.29 is 97.4 Å². The lowest BCUT2D eigenvalue weighted by molar-refractivity contribution is -0.219. The Morgan fingerprint density at radius 1 is 0.654 bits per heavy atom. The second-order valence-electron chi connectivity index (χ2n) is 30.1. The van der Waals surface area contributed by atoms with Crippen LogP contribution in [0.4, 0.5) is 35.1 Å². The van der Waals surface area contributed by atoms with Gasteiger partial charge in [-0.3, -0.25) is 57.5 Å². The van der Waals surface area contributed by atoms with Crippen LogP contribution in [-0.2, 0) is 62.3 Å². The van der Waals surface area contributed by atoms with Crippen molar-refractivity contribution in [2.24, 2.45) is 35.5 Å². The van der Waals surface area contributed by atoms with Crippen LogP contribution in [-0.4, -0.2) is 289 Å². The van der Waals surface area contributed by atoms with Crippen molar-refractivity contribution in [3.63, 3.8) is 0 Å². The zero-order chi connectivity index (χ0) is 77.9. The number of nitrogens with one attached hydrogen (secondary N) is 3. The molecule has 0 aromatic heterocycles. The summed E-state index contributed by atoms with van der Waals surface area (Å²) in [7, 11) is 10.6. The molecule has 2 bridgehead atoms. The number of alkyl halides is 8. The Kier molecular flexibility index (Phi) is 30.0. The average Bonchev–Trinajstić information content (AvgIpc) is 0.905. The molecule has 3 aliphatic carbocycles. The minimum atomic E-state index is -5.22. The molecule has 2 saturated heterocycles. The first-order valence-electron chi connectivity index (χ1n) is 36.5. The minimum absolute atomic E-state index is 0.00663. The molecule has 0 aromatic carbocycles. The molecule has 588 valence electrons. The maximum absolute atomic E-state index is 15.4. The molecule has 2 unspecified atom stereocenters. The van der Waals surface area contributed by atoms with Crippen LogP contribution in [0.1, 0.15) is 157 Å². The lowest BCUT2D eigenvalue weighted by Gasteiger charge is -2.46. The maximum atomic E-state index is 15.4. The summed E-state index contributed by atoms with van der Waals surface area (Å²) in [4.78, 5) is 188. The van der Waals surface area contributed by atoms with Gasteiger partial charge in [-0.1, -0.05) is 53.2 Å². The summed E-state index contributed by atoms with van der Waals surface area (Å²) in [5.41, 5.74) is -1.71. The van der Waals surface area contributed by atoms with E-state index in [-0.39, 0.29) is 96.7 Å². The van der Waals surface area contributed by atoms with Crippen LogP contribution in [0.2, 0.25) is 0 Å². The molecule has 12 amide bonds. The zero-order valence-corrected chi connectivity index (χ0v) is 62.6. The van der Waals surface area contributed by atoms with Crippen molar-refractivity contribution in [1.29, 1.82) is 0 Å². The monoisotopic (exact) mass is 1490 g/mol. The second kappa shape index (κ2) is 36.4. The molecule has 3 saturated carbocycles. The molecule has 0 radical (unpaired) electrons. The van der Waals surface area contributed by atoms with Gasteiger partial charge >= 0.3 is 12.4 Å². The van der Waals surface area contributed by atoms with Gasteiger partial charge in [-0.05, 0) is 127 Å². The Labute approximate surface area is 604 Å². The van der Waals surface area contributed by atoms with Crippen LogP contribution in [0.5, 0.6) is 0 Å². The third-order valence-electron chi connectivity index (χ3n) is 22.4. The van der Waals surface area contributed by atoms with E-state index >= 15 is 37.5 Å². The molecule has 3 N–H and O–H groups in total. The molecule has 33 heteroatoms. The molecule has 3 heterocycles. The lowest BCUT2D eigenvalue weighted by atomic mass is 9.74. The van der Waals surface area contributed by atoms with E-state index in [1.54, 1.807) is 53.7 Å². The number of likely N-dealkylation sites (N-methyl/N-ethyl adjacent to an activating group) is 7. The van der Waals surface area contributed by atoms with E-state index < -0.39 is 230 Å². The molecular formula is C71H110F8N12O13. The Morgan fingerprint density at radius 2 is 1.27 bits per heavy atom. The van der Waals surface area contributed by atoms with Gasteiger partial charge in [-0.25, -0.2) is 8.78 Å². The van der Waals surface area contributed by atoms with Crippen molar-refractivity contribution >= 4 is 70.9 Å². The number of nitrogens with zero attached hydrogens (tertiary/aromatic N) is 9. The highest BCUT2D eigenvalue weighted by Crippen LogP contribution is 2.45. The van der Waals surface area contributed by atoms with Crippen molar-refractivity contribution in [3.8, 4) is 0 Å². The first-order chi connectivity index (χ1) is 48.5. The number of hydrogen-bond donors (Lipinski definition) is 3. The average molecular weight is 1490 g/mol. The highest BCUT2D eigenvalue weighted by atomic mass is 19.4. The number of hydrogen-bond acceptors (Lipinski definition) is 13. The minimum Gasteiger partial charge on any atom is -0.377 e. The molecule has 5 fully saturated rings. The van der Waals surface area contributed by atoms with Gasteiger partial charge in [0.25, 0.3) is 0 Å². The number of ether oxygens (including phenoxy) is 1. The number of fused-ring (bicyclic) bond motifs is 3. The fraction of sp³-hybridized carbons (Fsp3) is 0.803. The predicted octanol–water partition coefficient (Wildman–Crippen LogP) is 5.18. The molecule has 6 rings (SSSR count). The fourth-order valence-electron chi connectivity index (χ4n) is 15.7. The van der Waals surface area contributed by atoms with Crippen molar-refractivity contribution in [2.45, 2.75) is 242 Å². The molecule has 12 atom stereocenters. The lowest BCUT2D eigenvalue weighted by Crippen LogP contribution is -2.68. The Morgan fingerprint density at radius 3 is 1.81 bits per heavy atom. The highest BCUT2D eigenvalue weighted by molar-refractivity contribution is 6.01. The molecule has 1 spiro atoms. The van der Waals surface area contributed by atoms with Crippen molar-refractivity contribution in [2.75, 3.05) is 89.2 Å². The zero-order valence-electron chi connectivity index (χ0n) is 62.6. The number of halogens is 8. The molecule has 3 aliphatic heterocycles. The van der Waals surface area contributed by atoms with E-state index in [4.69, 9.17) is 4.74 Å². The van der Waals surface area contributed by atoms with Gasteiger partial charge in [0.2, 0.25) is 70.9 Å². The molecule has 0 aromatic rings. The Hall–Kier alpha value is -7.22. The first kappa shape index (κ1) is 85.7. The summed E-state index contributed by atoms with van der Waals surface area (Å²) in [6.45, 7) is 8.07. The number of amides is 12. The Balaban J connectivity index is 1.46. The van der Waals surface area contributed by atoms with E-state index in [1.165, 1.54) is 66.2 Å². The SMILES string of the molecule is CCO[C@@H]1C[C@H]2C(=O)NC3(CCC3)C(=O)N(C)[C@@H](C(C)C)C(=O)N(C)[C@H](C(=O)N(C)C)CC(=O)N(C)[C@@H](CC)C(=O)N[C@@H]([C@@H](C)CC)C(=O)N(C)CC(=O)N(C)[C@H]3C/C=C\CCN(C3=O)[C@@H](CC3CCC(C(F)(F)F)CC3)C(=O)N(C)CC(=O)N[C@@H](CCC3CC(F)C(C(F)(F)F)C(F)C3)C(=O)N2C1. The Bertz CT molecular complexity index is 3100. The van der Waals surface area contributed by atoms with Gasteiger partial charge < -0.3 is 64.8 Å². The molecule has 25 nitrogen and oxygen atoms in total. The third-order valence-corrected chi connectivity index (χ3v) is 22.4. The van der Waals surface area contributed by atoms with Gasteiger partial charge in [0.1, 0.15) is 72.1 Å². The van der Waals surface area contributed by atoms with Gasteiger partial charge in [0.15, 0.2) is 0 Å². The molecular weight excluding hydrogens is 1380 g/mol. The summed E-state index contributed by atoms with van der Waals surface area (Å²) >= 11 is 0. The largest absolute Gasteiger partial charge is 0.397 e. The second-order valence-corrected chi connectivity index (χ2v) is 30.1. The van der Waals surface area contributed by atoms with Crippen LogP contribution < -0.4 is 16.0 Å². The number of rotatable bonds is 12. The van der Waals surface area contributed by atoms with Gasteiger partial charge in [0.05, 0.1) is 31.5 Å². The van der Waals surface area contributed by atoms with Gasteiger partial charge in [0, 0.05) is 82.5 Å². The van der Waals surface area contributed by atoms with Crippen LogP contribution in [0.25, 0.3) is 0 Å². The van der Waals surface area contributed by atoms with E-state index in [1.807, 2.05) is 0 Å². The summed E-state index contributed by atoms with van der Waals surface area (Å²) in [6, 6.07) is -11.5. The predicted molar refractivity (Wildman–Crippen MR) is 365 cm³/mol. The van der Waals surface area contributed by atoms with Gasteiger partial charge in [-0.2, -0.15) is 26.3 Å². The van der Waals surface area contributed by atoms with Crippen LogP contribution in [0.3, 0.4) is 0 Å². The van der Waals surface area contributed by atoms with Crippen LogP contribution >= 0.6 is 0 Å². The number of carbonyl (C=O) groups is 12. The standard InChI is InChI=1S/C71H110F8N12O13/c1-15-41(6)58-66(101)85(10)39-56(94)87(12)50-22-19-18-20-31-90(65(50)100)53(34-42-23-26-44(27-24-42)70(74,75)76)64(99)84(9)38-54(92)80-48(28-25-43-32-46(72)57(47(73)33-43)71(77,78)79)62(97)91-37-45(104-17-3)35-51(91)61(96)82-69(29-21-30-69)68(103)89(14)59(40(4)5)67(102)88(13)52(63(98)83(7)8)36-55(93)86(11)49(16-2)60(95)81-58/h18-19,40-53,57-59H,15-17,20-39H2,1-14H3,(H,80,92)(H,81,95)(H,82,96)/b19-18-/t41-,42?,43?,44?,45+,46?,47?,48-,49-,50-,51-,52-,53-,57?,58-,59-/m0/s1. The van der Waals surface area contributed by atoms with E-state index in [0.717, 1.165) is 34.3 Å². The fourth-order valence-corrected chi connectivity index (χ4v) is 15.7. The third kappa shape index (κ3) is 20.5.